The van der Waals surface area contributed by atoms with Crippen LogP contribution >= 0.6 is 11.6 Å². The van der Waals surface area contributed by atoms with Crippen molar-refractivity contribution in [3.63, 3.8) is 0 Å². The fourth-order valence-corrected chi connectivity index (χ4v) is 2.54. The summed E-state index contributed by atoms with van der Waals surface area (Å²) in [4.78, 5) is 22.3. The Balaban J connectivity index is 2.51. The van der Waals surface area contributed by atoms with Gasteiger partial charge in [-0.2, -0.15) is 0 Å². The second-order valence-corrected chi connectivity index (χ2v) is 4.34. The molecule has 0 bridgehead atoms. The van der Waals surface area contributed by atoms with E-state index >= 15 is 0 Å². The molecule has 2 aromatic rings. The molecule has 3 rings (SSSR count). The third-order valence-electron chi connectivity index (χ3n) is 2.99. The van der Waals surface area contributed by atoms with E-state index in [1.165, 1.54) is 0 Å². The summed E-state index contributed by atoms with van der Waals surface area (Å²) in [6, 6.07) is 10.4. The first kappa shape index (κ1) is 10.9. The van der Waals surface area contributed by atoms with Crippen molar-refractivity contribution in [2.75, 3.05) is 0 Å². The highest BCUT2D eigenvalue weighted by Crippen LogP contribution is 2.38. The maximum atomic E-state index is 12.1. The van der Waals surface area contributed by atoms with Crippen molar-refractivity contribution in [1.82, 2.24) is 0 Å². The fraction of sp³-hybridized carbons (Fsp3) is 0. The SMILES string of the molecule is O=C1C([N+](=O)[O-])=C(Cl)c2cccc3cccc1c23. The lowest BCUT2D eigenvalue weighted by Gasteiger charge is -2.14. The Labute approximate surface area is 107 Å². The summed E-state index contributed by atoms with van der Waals surface area (Å²) in [5.74, 6) is -0.630. The number of rotatable bonds is 1. The van der Waals surface area contributed by atoms with Crippen molar-refractivity contribution in [1.29, 1.82) is 0 Å². The molecule has 0 radical (unpaired) electrons. The topological polar surface area (TPSA) is 60.2 Å². The number of hydrogen-bond donors (Lipinski definition) is 0. The number of Topliss-reactive ketones (excluding diaryl/α,β-unsaturated/α-hetero) is 1. The smallest absolute Gasteiger partial charge is 0.281 e. The highest BCUT2D eigenvalue weighted by molar-refractivity contribution is 6.53. The van der Waals surface area contributed by atoms with E-state index in [2.05, 4.69) is 0 Å². The zero-order chi connectivity index (χ0) is 12.9. The summed E-state index contributed by atoms with van der Waals surface area (Å²) < 4.78 is 0. The predicted octanol–water partition coefficient (Wildman–Crippen LogP) is 3.22. The molecule has 1 aliphatic carbocycles. The predicted molar refractivity (Wildman–Crippen MR) is 68.0 cm³/mol. The number of benzene rings is 2. The van der Waals surface area contributed by atoms with Gasteiger partial charge in [0, 0.05) is 16.5 Å². The average molecular weight is 260 g/mol. The van der Waals surface area contributed by atoms with Gasteiger partial charge in [0.15, 0.2) is 0 Å². The minimum Gasteiger partial charge on any atom is -0.281 e. The van der Waals surface area contributed by atoms with Crippen molar-refractivity contribution in [2.24, 2.45) is 0 Å². The molecule has 0 amide bonds. The number of ketones is 1. The van der Waals surface area contributed by atoms with E-state index in [1.54, 1.807) is 24.3 Å². The largest absolute Gasteiger partial charge is 0.335 e. The number of carbonyl (C=O) groups excluding carboxylic acids is 1. The highest BCUT2D eigenvalue weighted by atomic mass is 35.5. The Hall–Kier alpha value is -2.20. The van der Waals surface area contributed by atoms with Crippen LogP contribution in [0.25, 0.3) is 15.8 Å². The van der Waals surface area contributed by atoms with E-state index in [4.69, 9.17) is 11.6 Å². The molecule has 0 aromatic heterocycles. The lowest BCUT2D eigenvalue weighted by molar-refractivity contribution is -0.415. The van der Waals surface area contributed by atoms with Crippen LogP contribution in [0.5, 0.6) is 0 Å². The van der Waals surface area contributed by atoms with Gasteiger partial charge in [-0.25, -0.2) is 0 Å². The van der Waals surface area contributed by atoms with Gasteiger partial charge in [0.2, 0.25) is 0 Å². The van der Waals surface area contributed by atoms with Crippen LogP contribution < -0.4 is 0 Å². The molecule has 88 valence electrons. The molecule has 0 aliphatic heterocycles. The molecule has 0 fully saturated rings. The third kappa shape index (κ3) is 1.29. The maximum Gasteiger partial charge on any atom is 0.335 e. The molecule has 0 N–H and O–H groups in total. The highest BCUT2D eigenvalue weighted by Gasteiger charge is 2.35. The Morgan fingerprint density at radius 2 is 1.67 bits per heavy atom. The van der Waals surface area contributed by atoms with Gasteiger partial charge in [-0.15, -0.1) is 0 Å². The van der Waals surface area contributed by atoms with Crippen LogP contribution in [0.3, 0.4) is 0 Å². The average Bonchev–Trinajstić information content (AvgIpc) is 2.35. The quantitative estimate of drug-likeness (QED) is 0.583. The summed E-state index contributed by atoms with van der Waals surface area (Å²) in [5.41, 5.74) is 0.318. The molecule has 0 saturated heterocycles. The van der Waals surface area contributed by atoms with E-state index < -0.39 is 16.4 Å². The van der Waals surface area contributed by atoms with Gasteiger partial charge in [0.25, 0.3) is 5.78 Å². The van der Waals surface area contributed by atoms with Gasteiger partial charge < -0.3 is 0 Å². The molecule has 0 atom stereocenters. The Kier molecular flexibility index (Phi) is 2.21. The molecule has 4 nitrogen and oxygen atoms in total. The summed E-state index contributed by atoms with van der Waals surface area (Å²) >= 11 is 5.99. The molecular weight excluding hydrogens is 254 g/mol. The molecule has 5 heteroatoms. The number of nitrogens with zero attached hydrogens (tertiary/aromatic N) is 1. The monoisotopic (exact) mass is 259 g/mol. The van der Waals surface area contributed by atoms with Crippen LogP contribution in [0.1, 0.15) is 15.9 Å². The Morgan fingerprint density at radius 3 is 2.28 bits per heavy atom. The number of nitro groups is 1. The fourth-order valence-electron chi connectivity index (χ4n) is 2.23. The van der Waals surface area contributed by atoms with Gasteiger partial charge in [-0.3, -0.25) is 14.9 Å². The Morgan fingerprint density at radius 1 is 1.06 bits per heavy atom. The van der Waals surface area contributed by atoms with Crippen LogP contribution in [-0.4, -0.2) is 10.7 Å². The molecule has 0 unspecified atom stereocenters. The van der Waals surface area contributed by atoms with E-state index in [1.807, 2.05) is 12.1 Å². The van der Waals surface area contributed by atoms with Crippen molar-refractivity contribution >= 4 is 33.2 Å². The molecule has 1 aliphatic rings. The van der Waals surface area contributed by atoms with Gasteiger partial charge in [0.1, 0.15) is 5.03 Å². The Bertz CT molecular complexity index is 744. The van der Waals surface area contributed by atoms with E-state index in [0.29, 0.717) is 16.5 Å². The van der Waals surface area contributed by atoms with E-state index in [-0.39, 0.29) is 5.03 Å². The third-order valence-corrected chi connectivity index (χ3v) is 3.37. The van der Waals surface area contributed by atoms with Crippen LogP contribution in [0, 0.1) is 10.1 Å². The number of halogens is 1. The van der Waals surface area contributed by atoms with Crippen LogP contribution in [0.2, 0.25) is 0 Å². The first-order valence-corrected chi connectivity index (χ1v) is 5.60. The summed E-state index contributed by atoms with van der Waals surface area (Å²) in [5, 5.41) is 12.4. The molecule has 0 heterocycles. The van der Waals surface area contributed by atoms with Crippen LogP contribution in [-0.2, 0) is 0 Å². The molecular formula is C13H6ClNO3. The second-order valence-electron chi connectivity index (χ2n) is 3.96. The van der Waals surface area contributed by atoms with Gasteiger partial charge in [0.05, 0.1) is 4.92 Å². The van der Waals surface area contributed by atoms with Crippen LogP contribution in [0.15, 0.2) is 42.1 Å². The summed E-state index contributed by atoms with van der Waals surface area (Å²) in [7, 11) is 0. The van der Waals surface area contributed by atoms with Crippen molar-refractivity contribution in [2.45, 2.75) is 0 Å². The normalized spacial score (nSPS) is 14.2. The summed E-state index contributed by atoms with van der Waals surface area (Å²) in [6.45, 7) is 0. The summed E-state index contributed by atoms with van der Waals surface area (Å²) in [6.07, 6.45) is 0. The lowest BCUT2D eigenvalue weighted by Crippen LogP contribution is -2.17. The first-order chi connectivity index (χ1) is 8.61. The first-order valence-electron chi connectivity index (χ1n) is 5.22. The van der Waals surface area contributed by atoms with E-state index in [9.17, 15) is 14.9 Å². The standard InChI is InChI=1S/C13H6ClNO3/c14-11-8-5-1-3-7-4-2-6-9(10(7)8)13(16)12(11)15(17)18/h1-6H. The van der Waals surface area contributed by atoms with E-state index in [0.717, 1.165) is 5.39 Å². The molecule has 0 saturated carbocycles. The zero-order valence-electron chi connectivity index (χ0n) is 9.01. The van der Waals surface area contributed by atoms with Crippen molar-refractivity contribution in [3.8, 4) is 0 Å². The molecule has 0 spiro atoms. The van der Waals surface area contributed by atoms with Crippen LogP contribution in [0.4, 0.5) is 0 Å². The minimum absolute atomic E-state index is 0.0886. The van der Waals surface area contributed by atoms with Gasteiger partial charge in [-0.1, -0.05) is 48.0 Å². The van der Waals surface area contributed by atoms with Crippen molar-refractivity contribution in [3.05, 3.63) is 63.3 Å². The van der Waals surface area contributed by atoms with Gasteiger partial charge in [-0.05, 0) is 5.39 Å². The number of hydrogen-bond acceptors (Lipinski definition) is 3. The molecule has 2 aromatic carbocycles. The van der Waals surface area contributed by atoms with Crippen molar-refractivity contribution < 1.29 is 9.72 Å². The number of carbonyl (C=O) groups is 1. The zero-order valence-corrected chi connectivity index (χ0v) is 9.77. The maximum absolute atomic E-state index is 12.1. The van der Waals surface area contributed by atoms with Gasteiger partial charge >= 0.3 is 5.70 Å². The molecule has 18 heavy (non-hydrogen) atoms. The lowest BCUT2D eigenvalue weighted by atomic mass is 9.90. The number of allylic oxidation sites excluding steroid dienone is 1. The minimum atomic E-state index is -0.723. The second kappa shape index (κ2) is 3.65.